The number of nitrogens with zero attached hydrogens (tertiary/aromatic N) is 3. The van der Waals surface area contributed by atoms with E-state index in [0.717, 1.165) is 12.1 Å². The maximum atomic E-state index is 4.52. The zero-order valence-electron chi connectivity index (χ0n) is 16.4. The highest BCUT2D eigenvalue weighted by Crippen LogP contribution is 2.17. The molecule has 4 heteroatoms. The van der Waals surface area contributed by atoms with Gasteiger partial charge in [-0.15, -0.1) is 5.10 Å². The summed E-state index contributed by atoms with van der Waals surface area (Å²) in [5.41, 5.74) is 3.70. The van der Waals surface area contributed by atoms with Gasteiger partial charge in [0.1, 0.15) is 5.52 Å². The van der Waals surface area contributed by atoms with E-state index in [-0.39, 0.29) is 0 Å². The monoisotopic (exact) mass is 345 g/mol. The van der Waals surface area contributed by atoms with Gasteiger partial charge in [0.2, 0.25) is 0 Å². The molecule has 1 heterocycles. The van der Waals surface area contributed by atoms with Crippen molar-refractivity contribution in [2.24, 2.45) is 0 Å². The van der Waals surface area contributed by atoms with Crippen LogP contribution >= 0.6 is 0 Å². The largest absolute Gasteiger partial charge is 0.245 e. The Bertz CT molecular complexity index is 640. The molecule has 0 atom stereocenters. The average Bonchev–Trinajstić information content (AvgIpc) is 2.91. The van der Waals surface area contributed by atoms with E-state index in [9.17, 15) is 0 Å². The molecule has 0 bridgehead atoms. The minimum atomic E-state index is -1.39. The first-order chi connectivity index (χ1) is 11.4. The van der Waals surface area contributed by atoms with Crippen molar-refractivity contribution >= 4 is 24.3 Å². The van der Waals surface area contributed by atoms with Crippen LogP contribution in [0.4, 0.5) is 0 Å². The molecule has 0 aliphatic heterocycles. The molecule has 0 amide bonds. The van der Waals surface area contributed by atoms with Crippen molar-refractivity contribution in [3.8, 4) is 0 Å². The first kappa shape index (κ1) is 19.2. The van der Waals surface area contributed by atoms with Gasteiger partial charge in [-0.05, 0) is 30.2 Å². The second-order valence-electron chi connectivity index (χ2n) is 8.22. The Hall–Kier alpha value is -1.16. The Morgan fingerprint density at radius 2 is 1.54 bits per heavy atom. The van der Waals surface area contributed by atoms with Gasteiger partial charge in [-0.1, -0.05) is 82.8 Å². The first-order valence-electron chi connectivity index (χ1n) is 9.78. The summed E-state index contributed by atoms with van der Waals surface area (Å²) >= 11 is 0. The number of fused-ring (bicyclic) bond motifs is 1. The summed E-state index contributed by atoms with van der Waals surface area (Å²) in [6.45, 7) is 12.6. The van der Waals surface area contributed by atoms with Gasteiger partial charge in [0.05, 0.1) is 13.6 Å². The van der Waals surface area contributed by atoms with Crippen LogP contribution in [0.5, 0.6) is 0 Å². The molecule has 0 spiro atoms. The number of aromatic nitrogens is 3. The van der Waals surface area contributed by atoms with Crippen molar-refractivity contribution < 1.29 is 0 Å². The van der Waals surface area contributed by atoms with Gasteiger partial charge in [0, 0.05) is 6.54 Å². The maximum Gasteiger partial charge on any atom is 0.112 e. The topological polar surface area (TPSA) is 30.7 Å². The molecule has 0 radical (unpaired) electrons. The van der Waals surface area contributed by atoms with Crippen LogP contribution in [-0.4, -0.2) is 23.1 Å². The second kappa shape index (κ2) is 8.79. The number of unbranched alkanes of at least 4 members (excludes halogenated alkanes) is 7. The Kier molecular flexibility index (Phi) is 7.02. The first-order valence-corrected chi connectivity index (χ1v) is 13.3. The van der Waals surface area contributed by atoms with Crippen LogP contribution in [0.1, 0.15) is 63.9 Å². The minimum absolute atomic E-state index is 1.00. The van der Waals surface area contributed by atoms with Gasteiger partial charge in [0.25, 0.3) is 0 Å². The normalized spacial score (nSPS) is 12.2. The molecule has 2 rings (SSSR count). The predicted molar refractivity (Wildman–Crippen MR) is 108 cm³/mol. The maximum absolute atomic E-state index is 4.52. The lowest BCUT2D eigenvalue weighted by atomic mass is 10.1. The van der Waals surface area contributed by atoms with Crippen molar-refractivity contribution in [3.05, 3.63) is 17.7 Å². The highest BCUT2D eigenvalue weighted by atomic mass is 28.3. The van der Waals surface area contributed by atoms with Crippen LogP contribution < -0.4 is 5.19 Å². The molecule has 0 saturated heterocycles. The Morgan fingerprint density at radius 3 is 2.17 bits per heavy atom. The number of rotatable bonds is 10. The third-order valence-electron chi connectivity index (χ3n) is 4.80. The molecule has 1 aromatic carbocycles. The lowest BCUT2D eigenvalue weighted by Crippen LogP contribution is -2.38. The van der Waals surface area contributed by atoms with Crippen molar-refractivity contribution in [2.75, 3.05) is 0 Å². The van der Waals surface area contributed by atoms with Gasteiger partial charge in [0.15, 0.2) is 0 Å². The Balaban J connectivity index is 1.93. The van der Waals surface area contributed by atoms with Crippen molar-refractivity contribution in [3.63, 3.8) is 0 Å². The molecular weight excluding hydrogens is 310 g/mol. The van der Waals surface area contributed by atoms with Gasteiger partial charge in [-0.25, -0.2) is 4.68 Å². The summed E-state index contributed by atoms with van der Waals surface area (Å²) in [6, 6.07) is 4.58. The summed E-state index contributed by atoms with van der Waals surface area (Å²) in [7, 11) is -1.39. The summed E-state index contributed by atoms with van der Waals surface area (Å²) in [5.74, 6) is 0. The van der Waals surface area contributed by atoms with Gasteiger partial charge < -0.3 is 0 Å². The molecule has 0 N–H and O–H groups in total. The molecule has 24 heavy (non-hydrogen) atoms. The lowest BCUT2D eigenvalue weighted by molar-refractivity contribution is 0.519. The van der Waals surface area contributed by atoms with Crippen molar-refractivity contribution in [1.82, 2.24) is 15.0 Å². The zero-order chi connectivity index (χ0) is 17.6. The van der Waals surface area contributed by atoms with Crippen molar-refractivity contribution in [2.45, 2.75) is 91.4 Å². The molecule has 0 fully saturated rings. The summed E-state index contributed by atoms with van der Waals surface area (Å²) in [5, 5.41) is 10.4. The highest BCUT2D eigenvalue weighted by Gasteiger charge is 2.22. The quantitative estimate of drug-likeness (QED) is 0.425. The van der Waals surface area contributed by atoms with E-state index in [2.05, 4.69) is 60.6 Å². The molecule has 0 aliphatic carbocycles. The lowest BCUT2D eigenvalue weighted by Gasteiger charge is -2.17. The molecule has 0 unspecified atom stereocenters. The van der Waals surface area contributed by atoms with Crippen LogP contribution in [0.15, 0.2) is 12.1 Å². The average molecular weight is 346 g/mol. The van der Waals surface area contributed by atoms with E-state index >= 15 is 0 Å². The van der Waals surface area contributed by atoms with Crippen LogP contribution in [-0.2, 0) is 6.54 Å². The summed E-state index contributed by atoms with van der Waals surface area (Å²) in [4.78, 5) is 0. The van der Waals surface area contributed by atoms with E-state index in [1.54, 1.807) is 0 Å². The standard InChI is InChI=1S/C20H35N3Si/c1-6-7-8-9-10-11-12-13-14-23-18-15-17(2)16-19(24(3,4)5)20(18)21-22-23/h15-16H,6-14H2,1-5H3. The third kappa shape index (κ3) is 5.17. The fourth-order valence-corrected chi connectivity index (χ4v) is 4.89. The van der Waals surface area contributed by atoms with Gasteiger partial charge >= 0.3 is 0 Å². The summed E-state index contributed by atoms with van der Waals surface area (Å²) < 4.78 is 2.13. The van der Waals surface area contributed by atoms with Crippen molar-refractivity contribution in [1.29, 1.82) is 0 Å². The van der Waals surface area contributed by atoms with Crippen LogP contribution in [0.3, 0.4) is 0 Å². The fourth-order valence-electron chi connectivity index (χ4n) is 3.34. The number of benzene rings is 1. The molecule has 1 aromatic heterocycles. The van der Waals surface area contributed by atoms with Crippen LogP contribution in [0.25, 0.3) is 11.0 Å². The fraction of sp³-hybridized carbons (Fsp3) is 0.700. The molecule has 134 valence electrons. The minimum Gasteiger partial charge on any atom is -0.245 e. The van der Waals surface area contributed by atoms with Crippen LogP contribution in [0, 0.1) is 6.92 Å². The Labute approximate surface area is 148 Å². The van der Waals surface area contributed by atoms with E-state index in [4.69, 9.17) is 0 Å². The zero-order valence-corrected chi connectivity index (χ0v) is 17.4. The Morgan fingerprint density at radius 1 is 0.917 bits per heavy atom. The van der Waals surface area contributed by atoms with Gasteiger partial charge in [-0.3, -0.25) is 0 Å². The molecule has 2 aromatic rings. The van der Waals surface area contributed by atoms with Gasteiger partial charge in [-0.2, -0.15) is 0 Å². The number of aryl methyl sites for hydroxylation is 2. The summed E-state index contributed by atoms with van der Waals surface area (Å²) in [6.07, 6.45) is 10.8. The van der Waals surface area contributed by atoms with E-state index in [0.29, 0.717) is 0 Å². The van der Waals surface area contributed by atoms with Crippen LogP contribution in [0.2, 0.25) is 19.6 Å². The molecule has 0 saturated carbocycles. The smallest absolute Gasteiger partial charge is 0.112 e. The van der Waals surface area contributed by atoms with E-state index in [1.807, 2.05) is 0 Å². The second-order valence-corrected chi connectivity index (χ2v) is 13.3. The predicted octanol–water partition coefficient (Wildman–Crippen LogP) is 5.43. The van der Waals surface area contributed by atoms with E-state index < -0.39 is 8.07 Å². The molecule has 0 aliphatic rings. The van der Waals surface area contributed by atoms with E-state index in [1.165, 1.54) is 67.6 Å². The third-order valence-corrected chi connectivity index (χ3v) is 6.79. The molecule has 3 nitrogen and oxygen atoms in total. The SMILES string of the molecule is CCCCCCCCCCn1nnc2c([Si](C)(C)C)cc(C)cc21. The highest BCUT2D eigenvalue weighted by molar-refractivity contribution is 6.90. The number of hydrogen-bond acceptors (Lipinski definition) is 2. The number of hydrogen-bond donors (Lipinski definition) is 0. The molecular formula is C20H35N3Si.